The summed E-state index contributed by atoms with van der Waals surface area (Å²) in [6.07, 6.45) is -1.84. The number of rotatable bonds is 7. The summed E-state index contributed by atoms with van der Waals surface area (Å²) in [6, 6.07) is 2.79. The second kappa shape index (κ2) is 9.43. The van der Waals surface area contributed by atoms with Crippen molar-refractivity contribution in [3.63, 3.8) is 0 Å². The van der Waals surface area contributed by atoms with E-state index in [-0.39, 0.29) is 16.5 Å². The molecule has 1 aromatic rings. The van der Waals surface area contributed by atoms with Crippen LogP contribution in [0.5, 0.6) is 0 Å². The normalized spacial score (nSPS) is 16.9. The predicted octanol–water partition coefficient (Wildman–Crippen LogP) is 2.35. The van der Waals surface area contributed by atoms with Gasteiger partial charge in [0.1, 0.15) is 0 Å². The lowest BCUT2D eigenvalue weighted by atomic mass is 9.96. The monoisotopic (exact) mass is 441 g/mol. The van der Waals surface area contributed by atoms with E-state index in [1.807, 2.05) is 0 Å². The van der Waals surface area contributed by atoms with E-state index in [9.17, 15) is 26.4 Å². The van der Waals surface area contributed by atoms with Crippen molar-refractivity contribution in [3.8, 4) is 0 Å². The van der Waals surface area contributed by atoms with Crippen molar-refractivity contribution < 1.29 is 26.4 Å². The van der Waals surface area contributed by atoms with Crippen LogP contribution in [0.2, 0.25) is 5.02 Å². The first kappa shape index (κ1) is 22.9. The van der Waals surface area contributed by atoms with Crippen molar-refractivity contribution in [1.29, 1.82) is 0 Å². The first-order valence-electron chi connectivity index (χ1n) is 8.77. The van der Waals surface area contributed by atoms with Crippen LogP contribution in [-0.4, -0.2) is 58.2 Å². The first-order valence-corrected chi connectivity index (χ1v) is 11.0. The van der Waals surface area contributed by atoms with Crippen LogP contribution in [0.1, 0.15) is 28.8 Å². The summed E-state index contributed by atoms with van der Waals surface area (Å²) in [5, 5.41) is 2.53. The van der Waals surface area contributed by atoms with Gasteiger partial charge in [0, 0.05) is 30.2 Å². The van der Waals surface area contributed by atoms with E-state index in [4.69, 9.17) is 11.6 Å². The average Bonchev–Trinajstić information content (AvgIpc) is 2.58. The number of nitrogens with one attached hydrogen (secondary N) is 2. The Labute approximate surface area is 167 Å². The Balaban J connectivity index is 1.79. The molecule has 0 aliphatic carbocycles. The van der Waals surface area contributed by atoms with E-state index in [2.05, 4.69) is 14.9 Å². The second-order valence-corrected chi connectivity index (χ2v) is 9.16. The van der Waals surface area contributed by atoms with Crippen LogP contribution in [0.4, 0.5) is 13.2 Å². The molecule has 1 saturated heterocycles. The van der Waals surface area contributed by atoms with Crippen LogP contribution < -0.4 is 10.0 Å². The molecule has 158 valence electrons. The Morgan fingerprint density at radius 2 is 1.89 bits per heavy atom. The van der Waals surface area contributed by atoms with Crippen molar-refractivity contribution in [2.24, 2.45) is 5.92 Å². The fourth-order valence-electron chi connectivity index (χ4n) is 3.03. The highest BCUT2D eigenvalue weighted by Gasteiger charge is 2.31. The van der Waals surface area contributed by atoms with Gasteiger partial charge in [0.05, 0.1) is 11.8 Å². The molecule has 1 amide bonds. The summed E-state index contributed by atoms with van der Waals surface area (Å²) < 4.78 is 63.1. The van der Waals surface area contributed by atoms with Gasteiger partial charge in [-0.05, 0) is 50.0 Å². The average molecular weight is 442 g/mol. The largest absolute Gasteiger partial charge is 0.416 e. The van der Waals surface area contributed by atoms with Crippen LogP contribution in [-0.2, 0) is 16.2 Å². The van der Waals surface area contributed by atoms with Crippen LogP contribution in [0.3, 0.4) is 0 Å². The molecule has 6 nitrogen and oxygen atoms in total. The number of piperidine rings is 1. The number of sulfonamides is 1. The molecule has 0 radical (unpaired) electrons. The SMILES string of the molecule is CS(=O)(=O)NCCN1CCC(CNC(=O)c2cc(Cl)cc(C(F)(F)F)c2)CC1. The number of carbonyl (C=O) groups excluding carboxylic acids is 1. The van der Waals surface area contributed by atoms with E-state index in [0.717, 1.165) is 44.3 Å². The number of alkyl halides is 3. The molecule has 0 unspecified atom stereocenters. The fraction of sp³-hybridized carbons (Fsp3) is 0.588. The van der Waals surface area contributed by atoms with E-state index >= 15 is 0 Å². The van der Waals surface area contributed by atoms with Gasteiger partial charge in [0.2, 0.25) is 10.0 Å². The number of nitrogens with zero attached hydrogens (tertiary/aromatic N) is 1. The minimum atomic E-state index is -4.57. The van der Waals surface area contributed by atoms with Crippen molar-refractivity contribution in [3.05, 3.63) is 34.3 Å². The molecule has 0 atom stereocenters. The third-order valence-corrected chi connectivity index (χ3v) is 5.48. The maximum Gasteiger partial charge on any atom is 0.416 e. The highest BCUT2D eigenvalue weighted by molar-refractivity contribution is 7.88. The Bertz CT molecular complexity index is 795. The van der Waals surface area contributed by atoms with Crippen molar-refractivity contribution in [1.82, 2.24) is 14.9 Å². The molecule has 1 aromatic carbocycles. The minimum Gasteiger partial charge on any atom is -0.352 e. The summed E-state index contributed by atoms with van der Waals surface area (Å²) in [5.41, 5.74) is -1.08. The number of halogens is 4. The van der Waals surface area contributed by atoms with Crippen LogP contribution in [0, 0.1) is 5.92 Å². The van der Waals surface area contributed by atoms with Gasteiger partial charge in [-0.2, -0.15) is 13.2 Å². The summed E-state index contributed by atoms with van der Waals surface area (Å²) in [5.74, 6) is -0.378. The van der Waals surface area contributed by atoms with Crippen molar-refractivity contribution in [2.75, 3.05) is 39.0 Å². The molecule has 1 heterocycles. The Morgan fingerprint density at radius 1 is 1.25 bits per heavy atom. The molecule has 0 saturated carbocycles. The maximum atomic E-state index is 12.8. The van der Waals surface area contributed by atoms with E-state index in [0.29, 0.717) is 19.6 Å². The van der Waals surface area contributed by atoms with Gasteiger partial charge in [-0.25, -0.2) is 13.1 Å². The number of hydrogen-bond acceptors (Lipinski definition) is 4. The highest BCUT2D eigenvalue weighted by atomic mass is 35.5. The van der Waals surface area contributed by atoms with E-state index < -0.39 is 27.7 Å². The molecule has 11 heteroatoms. The number of hydrogen-bond donors (Lipinski definition) is 2. The minimum absolute atomic E-state index is 0.121. The zero-order valence-corrected chi connectivity index (χ0v) is 16.9. The third-order valence-electron chi connectivity index (χ3n) is 4.54. The van der Waals surface area contributed by atoms with Gasteiger partial charge >= 0.3 is 6.18 Å². The standard InChI is InChI=1S/C17H23ClF3N3O3S/c1-28(26,27)23-4-7-24-5-2-12(3-6-24)11-22-16(25)13-8-14(17(19,20)21)10-15(18)9-13/h8-10,12,23H,2-7,11H2,1H3,(H,22,25). The molecular weight excluding hydrogens is 419 g/mol. The number of benzene rings is 1. The van der Waals surface area contributed by atoms with Crippen LogP contribution >= 0.6 is 11.6 Å². The molecule has 0 aromatic heterocycles. The van der Waals surface area contributed by atoms with Gasteiger partial charge < -0.3 is 10.2 Å². The van der Waals surface area contributed by atoms with Gasteiger partial charge in [-0.3, -0.25) is 4.79 Å². The molecule has 0 spiro atoms. The van der Waals surface area contributed by atoms with Gasteiger partial charge in [0.15, 0.2) is 0 Å². The van der Waals surface area contributed by atoms with Gasteiger partial charge in [0.25, 0.3) is 5.91 Å². The molecule has 1 aliphatic rings. The number of amides is 1. The summed E-state index contributed by atoms with van der Waals surface area (Å²) in [6.45, 7) is 2.84. The van der Waals surface area contributed by atoms with E-state index in [1.54, 1.807) is 0 Å². The molecule has 2 rings (SSSR count). The lowest BCUT2D eigenvalue weighted by Crippen LogP contribution is -2.41. The Kier molecular flexibility index (Phi) is 7.72. The van der Waals surface area contributed by atoms with E-state index in [1.165, 1.54) is 6.07 Å². The zero-order chi connectivity index (χ0) is 20.9. The number of likely N-dealkylation sites (tertiary alicyclic amines) is 1. The van der Waals surface area contributed by atoms with Gasteiger partial charge in [-0.1, -0.05) is 11.6 Å². The molecular formula is C17H23ClF3N3O3S. The fourth-order valence-corrected chi connectivity index (χ4v) is 3.72. The Hall–Kier alpha value is -1.36. The molecule has 2 N–H and O–H groups in total. The third kappa shape index (κ3) is 7.57. The zero-order valence-electron chi connectivity index (χ0n) is 15.4. The smallest absolute Gasteiger partial charge is 0.352 e. The van der Waals surface area contributed by atoms with Crippen molar-refractivity contribution in [2.45, 2.75) is 19.0 Å². The van der Waals surface area contributed by atoms with Crippen molar-refractivity contribution >= 4 is 27.5 Å². The maximum absolute atomic E-state index is 12.8. The predicted molar refractivity (Wildman–Crippen MR) is 101 cm³/mol. The summed E-state index contributed by atoms with van der Waals surface area (Å²) in [7, 11) is -3.20. The summed E-state index contributed by atoms with van der Waals surface area (Å²) >= 11 is 5.71. The Morgan fingerprint density at radius 3 is 2.46 bits per heavy atom. The summed E-state index contributed by atoms with van der Waals surface area (Å²) in [4.78, 5) is 14.3. The number of carbonyl (C=O) groups is 1. The first-order chi connectivity index (χ1) is 12.9. The topological polar surface area (TPSA) is 78.5 Å². The molecule has 1 fully saturated rings. The van der Waals surface area contributed by atoms with Crippen LogP contribution in [0.15, 0.2) is 18.2 Å². The van der Waals surface area contributed by atoms with Crippen LogP contribution in [0.25, 0.3) is 0 Å². The highest BCUT2D eigenvalue weighted by Crippen LogP contribution is 2.31. The molecule has 1 aliphatic heterocycles. The second-order valence-electron chi connectivity index (χ2n) is 6.89. The molecule has 28 heavy (non-hydrogen) atoms. The lowest BCUT2D eigenvalue weighted by molar-refractivity contribution is -0.137. The molecule has 0 bridgehead atoms. The quantitative estimate of drug-likeness (QED) is 0.681. The van der Waals surface area contributed by atoms with Gasteiger partial charge in [-0.15, -0.1) is 0 Å². The lowest BCUT2D eigenvalue weighted by Gasteiger charge is -2.32.